The number of para-hydroxylation sites is 2. The molecule has 0 N–H and O–H groups in total. The van der Waals surface area contributed by atoms with Gasteiger partial charge in [-0.3, -0.25) is 0 Å². The van der Waals surface area contributed by atoms with E-state index in [2.05, 4.69) is 157 Å². The molecule has 5 aromatic rings. The zero-order valence-electron chi connectivity index (χ0n) is 22.0. The molecule has 0 aliphatic heterocycles. The lowest BCUT2D eigenvalue weighted by Crippen LogP contribution is -2.18. The van der Waals surface area contributed by atoms with Crippen molar-refractivity contribution in [2.24, 2.45) is 0 Å². The van der Waals surface area contributed by atoms with Crippen molar-refractivity contribution in [3.8, 4) is 0 Å². The average molecular weight is 493 g/mol. The van der Waals surface area contributed by atoms with E-state index < -0.39 is 0 Å². The summed E-state index contributed by atoms with van der Waals surface area (Å²) in [5.41, 5.74) is 9.85. The Labute approximate surface area is 225 Å². The summed E-state index contributed by atoms with van der Waals surface area (Å²) in [6.45, 7) is 4.35. The minimum Gasteiger partial charge on any atom is -0.314 e. The minimum atomic E-state index is 1.02. The van der Waals surface area contributed by atoms with Gasteiger partial charge < -0.3 is 9.80 Å². The summed E-state index contributed by atoms with van der Waals surface area (Å²) in [4.78, 5) is 4.80. The van der Waals surface area contributed by atoms with Gasteiger partial charge in [0.25, 0.3) is 0 Å². The molecule has 0 spiro atoms. The Kier molecular flexibility index (Phi) is 6.54. The first kappa shape index (κ1) is 23.8. The topological polar surface area (TPSA) is 6.48 Å². The van der Waals surface area contributed by atoms with Crippen molar-refractivity contribution in [3.05, 3.63) is 150 Å². The quantitative estimate of drug-likeness (QED) is 0.233. The lowest BCUT2D eigenvalue weighted by molar-refractivity contribution is 0.876. The molecule has 0 radical (unpaired) electrons. The number of benzene rings is 5. The summed E-state index contributed by atoms with van der Waals surface area (Å²) in [6.07, 6.45) is 6.66. The first-order valence-electron chi connectivity index (χ1n) is 13.3. The second-order valence-corrected chi connectivity index (χ2v) is 10.00. The molecule has 0 aromatic heterocycles. The fraction of sp³-hybridized carbons (Fsp3) is 0.111. The van der Waals surface area contributed by atoms with E-state index in [-0.39, 0.29) is 0 Å². The van der Waals surface area contributed by atoms with Crippen LogP contribution in [0.4, 0.5) is 28.4 Å². The summed E-state index contributed by atoms with van der Waals surface area (Å²) >= 11 is 0. The van der Waals surface area contributed by atoms with Crippen molar-refractivity contribution in [1.82, 2.24) is 0 Å². The van der Waals surface area contributed by atoms with E-state index in [1.165, 1.54) is 44.7 Å². The van der Waals surface area contributed by atoms with Gasteiger partial charge in [-0.2, -0.15) is 0 Å². The Morgan fingerprint density at radius 2 is 0.947 bits per heavy atom. The third-order valence-electron chi connectivity index (χ3n) is 7.30. The van der Waals surface area contributed by atoms with Gasteiger partial charge in [0.1, 0.15) is 0 Å². The number of fused-ring (bicyclic) bond motifs is 1. The van der Waals surface area contributed by atoms with Crippen LogP contribution in [0.5, 0.6) is 0 Å². The van der Waals surface area contributed by atoms with Crippen LogP contribution < -0.4 is 9.80 Å². The van der Waals surface area contributed by atoms with Crippen LogP contribution in [0.15, 0.2) is 145 Å². The summed E-state index contributed by atoms with van der Waals surface area (Å²) < 4.78 is 0. The van der Waals surface area contributed by atoms with Crippen molar-refractivity contribution in [2.75, 3.05) is 9.80 Å². The lowest BCUT2D eigenvalue weighted by Gasteiger charge is -2.32. The fourth-order valence-electron chi connectivity index (χ4n) is 5.31. The molecule has 0 atom stereocenters. The predicted molar refractivity (Wildman–Crippen MR) is 163 cm³/mol. The maximum absolute atomic E-state index is 2.44. The fourth-order valence-corrected chi connectivity index (χ4v) is 5.31. The molecule has 38 heavy (non-hydrogen) atoms. The van der Waals surface area contributed by atoms with Crippen LogP contribution >= 0.6 is 0 Å². The standard InChI is InChI=1S/C36H32N2/c1-27-17-21-31(22-18-27)37(29-11-5-3-6-12-29)35-25-26-36(34-16-10-9-15-33(34)35)38(30-13-7-4-8-14-30)32-23-19-28(2)20-24-32/h3-19,21-23,25-26H,20,24H2,1-2H3. The lowest BCUT2D eigenvalue weighted by atomic mass is 9.99. The van der Waals surface area contributed by atoms with E-state index in [0.717, 1.165) is 24.2 Å². The van der Waals surface area contributed by atoms with Crippen LogP contribution in [-0.2, 0) is 0 Å². The van der Waals surface area contributed by atoms with Gasteiger partial charge >= 0.3 is 0 Å². The molecule has 6 rings (SSSR count). The number of hydrogen-bond acceptors (Lipinski definition) is 2. The highest BCUT2D eigenvalue weighted by Crippen LogP contribution is 2.44. The number of anilines is 5. The van der Waals surface area contributed by atoms with Crippen LogP contribution in [-0.4, -0.2) is 0 Å². The Balaban J connectivity index is 1.57. The first-order chi connectivity index (χ1) is 18.7. The molecule has 186 valence electrons. The molecule has 1 aliphatic carbocycles. The molecule has 0 fully saturated rings. The number of aryl methyl sites for hydroxylation is 1. The molecule has 0 bridgehead atoms. The molecule has 0 unspecified atom stereocenters. The largest absolute Gasteiger partial charge is 0.314 e. The maximum atomic E-state index is 2.44. The van der Waals surface area contributed by atoms with E-state index in [1.807, 2.05) is 0 Å². The Bertz CT molecular complexity index is 1610. The maximum Gasteiger partial charge on any atom is 0.0541 e. The Morgan fingerprint density at radius 1 is 0.447 bits per heavy atom. The zero-order chi connectivity index (χ0) is 25.9. The normalized spacial score (nSPS) is 13.1. The Morgan fingerprint density at radius 3 is 1.50 bits per heavy atom. The Hall–Kier alpha value is -4.56. The van der Waals surface area contributed by atoms with Crippen LogP contribution in [0.25, 0.3) is 10.8 Å². The zero-order valence-corrected chi connectivity index (χ0v) is 22.0. The van der Waals surface area contributed by atoms with Gasteiger partial charge in [0.2, 0.25) is 0 Å². The summed E-state index contributed by atoms with van der Waals surface area (Å²) in [6, 6.07) is 43.6. The highest BCUT2D eigenvalue weighted by molar-refractivity contribution is 6.06. The van der Waals surface area contributed by atoms with E-state index in [0.29, 0.717) is 0 Å². The van der Waals surface area contributed by atoms with E-state index in [4.69, 9.17) is 0 Å². The minimum absolute atomic E-state index is 1.02. The van der Waals surface area contributed by atoms with Crippen molar-refractivity contribution in [3.63, 3.8) is 0 Å². The summed E-state index contributed by atoms with van der Waals surface area (Å²) in [5.74, 6) is 0. The van der Waals surface area contributed by atoms with Gasteiger partial charge in [0.05, 0.1) is 11.4 Å². The van der Waals surface area contributed by atoms with Gasteiger partial charge in [0.15, 0.2) is 0 Å². The molecule has 2 heteroatoms. The van der Waals surface area contributed by atoms with Gasteiger partial charge in [-0.05, 0) is 81.3 Å². The third-order valence-corrected chi connectivity index (χ3v) is 7.30. The predicted octanol–water partition coefficient (Wildman–Crippen LogP) is 10.4. The molecular formula is C36H32N2. The van der Waals surface area contributed by atoms with E-state index >= 15 is 0 Å². The van der Waals surface area contributed by atoms with Crippen LogP contribution in [0.2, 0.25) is 0 Å². The highest BCUT2D eigenvalue weighted by atomic mass is 15.2. The van der Waals surface area contributed by atoms with Crippen molar-refractivity contribution >= 4 is 39.2 Å². The van der Waals surface area contributed by atoms with Crippen molar-refractivity contribution < 1.29 is 0 Å². The molecule has 5 aromatic carbocycles. The monoisotopic (exact) mass is 492 g/mol. The third kappa shape index (κ3) is 4.62. The van der Waals surface area contributed by atoms with Crippen molar-refractivity contribution in [1.29, 1.82) is 0 Å². The van der Waals surface area contributed by atoms with Gasteiger partial charge in [0, 0.05) is 33.5 Å². The second kappa shape index (κ2) is 10.4. The average Bonchev–Trinajstić information content (AvgIpc) is 2.97. The smallest absolute Gasteiger partial charge is 0.0541 e. The number of rotatable bonds is 6. The summed E-state index contributed by atoms with van der Waals surface area (Å²) in [5, 5.41) is 2.45. The number of nitrogens with zero attached hydrogens (tertiary/aromatic N) is 2. The van der Waals surface area contributed by atoms with Gasteiger partial charge in [-0.15, -0.1) is 0 Å². The SMILES string of the molecule is CC1=CC=C(N(c2ccccc2)c2ccc(N(c3ccccc3)c3ccc(C)cc3)c3ccccc23)CC1. The van der Waals surface area contributed by atoms with Crippen LogP contribution in [0.3, 0.4) is 0 Å². The van der Waals surface area contributed by atoms with E-state index in [1.54, 1.807) is 0 Å². The van der Waals surface area contributed by atoms with Crippen LogP contribution in [0.1, 0.15) is 25.3 Å². The van der Waals surface area contributed by atoms with E-state index in [9.17, 15) is 0 Å². The van der Waals surface area contributed by atoms with Gasteiger partial charge in [-0.1, -0.05) is 90.0 Å². The molecule has 0 heterocycles. The highest BCUT2D eigenvalue weighted by Gasteiger charge is 2.22. The molecule has 2 nitrogen and oxygen atoms in total. The van der Waals surface area contributed by atoms with Gasteiger partial charge in [-0.25, -0.2) is 0 Å². The molecule has 1 aliphatic rings. The molecular weight excluding hydrogens is 460 g/mol. The molecule has 0 amide bonds. The molecule has 0 saturated heterocycles. The van der Waals surface area contributed by atoms with Crippen LogP contribution in [0, 0.1) is 6.92 Å². The number of allylic oxidation sites excluding steroid dienone is 4. The van der Waals surface area contributed by atoms with Crippen molar-refractivity contribution in [2.45, 2.75) is 26.7 Å². The molecule has 0 saturated carbocycles. The first-order valence-corrected chi connectivity index (χ1v) is 13.3. The second-order valence-electron chi connectivity index (χ2n) is 10.00. The summed E-state index contributed by atoms with van der Waals surface area (Å²) in [7, 11) is 0. The number of hydrogen-bond donors (Lipinski definition) is 0.